The Kier molecular flexibility index (Phi) is 7.40. The minimum atomic E-state index is -0.745. The number of nitrogens with one attached hydrogen (secondary N) is 1. The minimum Gasteiger partial charge on any atom is -0.463 e. The highest BCUT2D eigenvalue weighted by Crippen LogP contribution is 2.46. The molecule has 4 atom stereocenters. The summed E-state index contributed by atoms with van der Waals surface area (Å²) in [6.07, 6.45) is 7.63. The van der Waals surface area contributed by atoms with Crippen molar-refractivity contribution in [1.29, 1.82) is 10.5 Å². The molecule has 1 saturated carbocycles. The Morgan fingerprint density at radius 1 is 1.06 bits per heavy atom. The van der Waals surface area contributed by atoms with Crippen LogP contribution in [0.4, 0.5) is 19.6 Å². The van der Waals surface area contributed by atoms with Crippen LogP contribution in [0.1, 0.15) is 56.1 Å². The smallest absolute Gasteiger partial charge is 0.319 e. The van der Waals surface area contributed by atoms with E-state index in [2.05, 4.69) is 32.2 Å². The number of nitriles is 2. The van der Waals surface area contributed by atoms with Gasteiger partial charge in [-0.15, -0.1) is 11.3 Å². The van der Waals surface area contributed by atoms with Crippen molar-refractivity contribution < 1.29 is 18.3 Å². The second-order valence-corrected chi connectivity index (χ2v) is 15.5. The van der Waals surface area contributed by atoms with E-state index in [0.717, 1.165) is 76.0 Å². The number of thiophene rings is 1. The molecule has 0 amide bonds. The maximum Gasteiger partial charge on any atom is 0.319 e. The van der Waals surface area contributed by atoms with Gasteiger partial charge < -0.3 is 25.4 Å². The van der Waals surface area contributed by atoms with E-state index >= 15 is 4.39 Å². The van der Waals surface area contributed by atoms with Crippen LogP contribution in [0, 0.1) is 39.7 Å². The predicted molar refractivity (Wildman–Crippen MR) is 182 cm³/mol. The third-order valence-corrected chi connectivity index (χ3v) is 12.6. The number of aromatic nitrogens is 2. The van der Waals surface area contributed by atoms with Crippen LogP contribution < -0.4 is 20.7 Å². The molecule has 5 fully saturated rings. The normalized spacial score (nSPS) is 25.8. The van der Waals surface area contributed by atoms with Crippen LogP contribution in [-0.4, -0.2) is 78.5 Å². The van der Waals surface area contributed by atoms with Crippen LogP contribution in [0.25, 0.3) is 32.1 Å². The van der Waals surface area contributed by atoms with Gasteiger partial charge in [-0.25, -0.2) is 8.78 Å². The van der Waals surface area contributed by atoms with Crippen molar-refractivity contribution in [1.82, 2.24) is 20.2 Å². The number of hydrogen-bond acceptors (Lipinski definition) is 11. The Morgan fingerprint density at radius 3 is 2.49 bits per heavy atom. The number of anilines is 2. The van der Waals surface area contributed by atoms with Crippen LogP contribution in [0.2, 0.25) is 0 Å². The third kappa shape index (κ3) is 5.01. The topological polar surface area (TPSA) is 136 Å². The molecule has 10 nitrogen and oxygen atoms in total. The summed E-state index contributed by atoms with van der Waals surface area (Å²) >= 11 is 0.931. The summed E-state index contributed by atoms with van der Waals surface area (Å²) in [6, 6.07) is 10.0. The van der Waals surface area contributed by atoms with Gasteiger partial charge in [-0.3, -0.25) is 4.90 Å². The Labute approximate surface area is 286 Å². The molecule has 0 radical (unpaired) electrons. The first-order chi connectivity index (χ1) is 23.8. The lowest BCUT2D eigenvalue weighted by atomic mass is 9.69. The molecule has 4 aliphatic heterocycles. The molecule has 2 aromatic carbocycles. The van der Waals surface area contributed by atoms with Crippen LogP contribution >= 0.6 is 11.3 Å². The van der Waals surface area contributed by atoms with Gasteiger partial charge in [0.2, 0.25) is 0 Å². The summed E-state index contributed by atoms with van der Waals surface area (Å²) in [6.45, 7) is 4.29. The first kappa shape index (κ1) is 30.9. The summed E-state index contributed by atoms with van der Waals surface area (Å²) in [5, 5.41) is 24.7. The molecule has 6 heterocycles. The highest BCUT2D eigenvalue weighted by Gasteiger charge is 2.46. The van der Waals surface area contributed by atoms with E-state index in [0.29, 0.717) is 43.0 Å². The molecular weight excluding hydrogens is 647 g/mol. The number of nitrogen functional groups attached to an aromatic ring is 1. The lowest BCUT2D eigenvalue weighted by Crippen LogP contribution is -2.54. The first-order valence-electron chi connectivity index (χ1n) is 17.2. The predicted octanol–water partition coefficient (Wildman–Crippen LogP) is 5.47. The van der Waals surface area contributed by atoms with E-state index < -0.39 is 11.6 Å². The van der Waals surface area contributed by atoms with Gasteiger partial charge in [0.15, 0.2) is 5.82 Å². The van der Waals surface area contributed by atoms with Crippen molar-refractivity contribution in [2.24, 2.45) is 5.41 Å². The van der Waals surface area contributed by atoms with E-state index in [1.807, 2.05) is 0 Å². The second kappa shape index (κ2) is 11.7. The van der Waals surface area contributed by atoms with E-state index in [1.165, 1.54) is 12.1 Å². The zero-order valence-electron chi connectivity index (χ0n) is 27.0. The molecule has 4 aromatic rings. The van der Waals surface area contributed by atoms with Crippen LogP contribution in [0.5, 0.6) is 6.01 Å². The number of nitrogens with two attached hydrogens (primary N) is 1. The molecule has 49 heavy (non-hydrogen) atoms. The largest absolute Gasteiger partial charge is 0.463 e. The number of piperazine rings is 1. The van der Waals surface area contributed by atoms with Gasteiger partial charge >= 0.3 is 6.01 Å². The van der Waals surface area contributed by atoms with Crippen LogP contribution in [-0.2, 0) is 4.74 Å². The van der Waals surface area contributed by atoms with Crippen molar-refractivity contribution in [3.63, 3.8) is 0 Å². The molecule has 1 aliphatic carbocycles. The lowest BCUT2D eigenvalue weighted by Gasteiger charge is -2.47. The zero-order valence-corrected chi connectivity index (χ0v) is 27.8. The number of rotatable bonds is 7. The Hall–Kier alpha value is -4.14. The van der Waals surface area contributed by atoms with Crippen molar-refractivity contribution in [3.8, 4) is 29.3 Å². The summed E-state index contributed by atoms with van der Waals surface area (Å²) in [5.74, 6) is -0.776. The fourth-order valence-electron chi connectivity index (χ4n) is 8.93. The Balaban J connectivity index is 1.16. The maximum absolute atomic E-state index is 17.2. The number of ether oxygens (including phenoxy) is 2. The van der Waals surface area contributed by atoms with Crippen molar-refractivity contribution in [3.05, 3.63) is 41.0 Å². The molecule has 13 heteroatoms. The van der Waals surface area contributed by atoms with Crippen LogP contribution in [0.15, 0.2) is 18.2 Å². The molecule has 3 N–H and O–H groups in total. The van der Waals surface area contributed by atoms with Gasteiger partial charge in [0.25, 0.3) is 0 Å². The second-order valence-electron chi connectivity index (χ2n) is 14.5. The van der Waals surface area contributed by atoms with Crippen molar-refractivity contribution in [2.45, 2.75) is 69.1 Å². The number of benzene rings is 2. The number of halogens is 2. The summed E-state index contributed by atoms with van der Waals surface area (Å²) in [5.41, 5.74) is 6.35. The average Bonchev–Trinajstić information content (AvgIpc) is 3.68. The summed E-state index contributed by atoms with van der Waals surface area (Å²) < 4.78 is 44.6. The SMILES string of the molecule is N#Cc1cc2c(N3CC4CCC(C3)N4)nc(OCC3(CN4C5CCC4COC5)CCC3)nc2c(F)c1-c1ccc(F)c2sc(N)c(C#N)c12. The third-order valence-electron chi connectivity index (χ3n) is 11.6. The molecule has 4 saturated heterocycles. The number of morpholine rings is 1. The average molecular weight is 683 g/mol. The zero-order chi connectivity index (χ0) is 33.4. The Morgan fingerprint density at radius 2 is 1.82 bits per heavy atom. The molecule has 2 aromatic heterocycles. The van der Waals surface area contributed by atoms with E-state index in [4.69, 9.17) is 20.2 Å². The van der Waals surface area contributed by atoms with E-state index in [1.54, 1.807) is 6.07 Å². The van der Waals surface area contributed by atoms with E-state index in [-0.39, 0.29) is 66.4 Å². The lowest BCUT2D eigenvalue weighted by molar-refractivity contribution is -0.0612. The Bertz CT molecular complexity index is 2060. The quantitative estimate of drug-likeness (QED) is 0.258. The van der Waals surface area contributed by atoms with Crippen molar-refractivity contribution >= 4 is 43.1 Å². The van der Waals surface area contributed by atoms with Gasteiger partial charge in [-0.1, -0.05) is 12.5 Å². The molecule has 4 bridgehead atoms. The van der Waals surface area contributed by atoms with Gasteiger partial charge in [0, 0.05) is 65.6 Å². The molecule has 4 unspecified atom stereocenters. The molecule has 0 spiro atoms. The number of hydrogen-bond donors (Lipinski definition) is 2. The molecule has 252 valence electrons. The standard InChI is InChI=1S/C36H36F2N8O2S/c37-27-7-6-24(29-26(12-40)33(41)49-32(27)29)28-19(11-39)10-25-31(30(28)38)43-35(44-34(25)45-13-20-2-3-21(14-45)42-20)48-18-36(8-1-9-36)17-46-22-4-5-23(46)16-47-15-22/h6-7,10,20-23,42H,1-5,8-9,13-18,41H2. The fraction of sp³-hybridized carbons (Fsp3) is 0.500. The van der Waals surface area contributed by atoms with Gasteiger partial charge in [0.1, 0.15) is 28.2 Å². The maximum atomic E-state index is 17.2. The highest BCUT2D eigenvalue weighted by molar-refractivity contribution is 7.23. The highest BCUT2D eigenvalue weighted by atomic mass is 32.1. The number of fused-ring (bicyclic) bond motifs is 6. The van der Waals surface area contributed by atoms with Gasteiger partial charge in [-0.05, 0) is 56.2 Å². The van der Waals surface area contributed by atoms with Gasteiger partial charge in [-0.2, -0.15) is 20.5 Å². The fourth-order valence-corrected chi connectivity index (χ4v) is 9.88. The summed E-state index contributed by atoms with van der Waals surface area (Å²) in [7, 11) is 0. The molecular formula is C36H36F2N8O2S. The molecule has 5 aliphatic rings. The van der Waals surface area contributed by atoms with Gasteiger partial charge in [0.05, 0.1) is 41.7 Å². The molecule has 9 rings (SSSR count). The minimum absolute atomic E-state index is 0.0212. The summed E-state index contributed by atoms with van der Waals surface area (Å²) in [4.78, 5) is 14.4. The van der Waals surface area contributed by atoms with E-state index in [9.17, 15) is 14.9 Å². The van der Waals surface area contributed by atoms with Crippen LogP contribution in [0.3, 0.4) is 0 Å². The van der Waals surface area contributed by atoms with Crippen molar-refractivity contribution in [2.75, 3.05) is 50.1 Å². The number of nitrogens with zero attached hydrogens (tertiary/aromatic N) is 6. The monoisotopic (exact) mass is 682 g/mol. The first-order valence-corrected chi connectivity index (χ1v) is 18.0.